The number of aliphatic hydroxyl groups is 1. The smallest absolute Gasteiger partial charge is 0.313 e. The van der Waals surface area contributed by atoms with Crippen LogP contribution in [0.5, 0.6) is 0 Å². The van der Waals surface area contributed by atoms with Gasteiger partial charge in [0.05, 0.1) is 6.10 Å². The second-order valence-electron chi connectivity index (χ2n) is 5.74. The molecule has 114 valence electrons. The molecule has 0 saturated heterocycles. The SMILES string of the molecule is Cc1ccc(NC(=O)C(=O)NCC2CCCC2O)c(C)c1. The summed E-state index contributed by atoms with van der Waals surface area (Å²) >= 11 is 0. The van der Waals surface area contributed by atoms with Gasteiger partial charge in [-0.3, -0.25) is 9.59 Å². The van der Waals surface area contributed by atoms with Crippen molar-refractivity contribution < 1.29 is 14.7 Å². The molecule has 2 rings (SSSR count). The molecule has 21 heavy (non-hydrogen) atoms. The molecule has 1 saturated carbocycles. The lowest BCUT2D eigenvalue weighted by atomic mass is 10.1. The number of aliphatic hydroxyl groups excluding tert-OH is 1. The number of amides is 2. The monoisotopic (exact) mass is 290 g/mol. The average molecular weight is 290 g/mol. The molecule has 3 N–H and O–H groups in total. The Morgan fingerprint density at radius 1 is 1.24 bits per heavy atom. The molecule has 0 bridgehead atoms. The second kappa shape index (κ2) is 6.72. The van der Waals surface area contributed by atoms with Crippen molar-refractivity contribution in [1.29, 1.82) is 0 Å². The lowest BCUT2D eigenvalue weighted by Crippen LogP contribution is -2.39. The number of rotatable bonds is 3. The molecule has 1 fully saturated rings. The maximum Gasteiger partial charge on any atom is 0.313 e. The molecule has 2 atom stereocenters. The van der Waals surface area contributed by atoms with E-state index in [1.54, 1.807) is 6.07 Å². The first-order valence-electron chi connectivity index (χ1n) is 7.32. The number of benzene rings is 1. The molecule has 0 aliphatic heterocycles. The van der Waals surface area contributed by atoms with Gasteiger partial charge >= 0.3 is 11.8 Å². The summed E-state index contributed by atoms with van der Waals surface area (Å²) < 4.78 is 0. The van der Waals surface area contributed by atoms with E-state index in [9.17, 15) is 14.7 Å². The van der Waals surface area contributed by atoms with Crippen LogP contribution in [0.4, 0.5) is 5.69 Å². The van der Waals surface area contributed by atoms with E-state index in [1.807, 2.05) is 26.0 Å². The Kier molecular flexibility index (Phi) is 4.96. The number of nitrogens with one attached hydrogen (secondary N) is 2. The molecule has 0 spiro atoms. The summed E-state index contributed by atoms with van der Waals surface area (Å²) in [5.41, 5.74) is 2.66. The van der Waals surface area contributed by atoms with Crippen molar-refractivity contribution in [3.8, 4) is 0 Å². The largest absolute Gasteiger partial charge is 0.393 e. The van der Waals surface area contributed by atoms with E-state index < -0.39 is 11.8 Å². The Morgan fingerprint density at radius 2 is 2.00 bits per heavy atom. The van der Waals surface area contributed by atoms with Gasteiger partial charge in [0.15, 0.2) is 0 Å². The van der Waals surface area contributed by atoms with Gasteiger partial charge in [-0.2, -0.15) is 0 Å². The quantitative estimate of drug-likeness (QED) is 0.739. The van der Waals surface area contributed by atoms with Gasteiger partial charge in [0.25, 0.3) is 0 Å². The zero-order chi connectivity index (χ0) is 15.4. The normalized spacial score (nSPS) is 21.1. The van der Waals surface area contributed by atoms with E-state index in [0.717, 1.165) is 30.4 Å². The summed E-state index contributed by atoms with van der Waals surface area (Å²) in [5, 5.41) is 14.9. The lowest BCUT2D eigenvalue weighted by molar-refractivity contribution is -0.136. The molecular formula is C16H22N2O3. The van der Waals surface area contributed by atoms with Crippen LogP contribution in [-0.2, 0) is 9.59 Å². The van der Waals surface area contributed by atoms with E-state index >= 15 is 0 Å². The summed E-state index contributed by atoms with van der Waals surface area (Å²) in [5.74, 6) is -1.27. The second-order valence-corrected chi connectivity index (χ2v) is 5.74. The average Bonchev–Trinajstić information content (AvgIpc) is 2.84. The summed E-state index contributed by atoms with van der Waals surface area (Å²) in [7, 11) is 0. The van der Waals surface area contributed by atoms with Crippen molar-refractivity contribution in [2.24, 2.45) is 5.92 Å². The fraction of sp³-hybridized carbons (Fsp3) is 0.500. The third-order valence-corrected chi connectivity index (χ3v) is 3.98. The van der Waals surface area contributed by atoms with Crippen molar-refractivity contribution in [2.45, 2.75) is 39.2 Å². The summed E-state index contributed by atoms with van der Waals surface area (Å²) in [6.07, 6.45) is 2.26. The van der Waals surface area contributed by atoms with Gasteiger partial charge in [0.2, 0.25) is 0 Å². The van der Waals surface area contributed by atoms with Gasteiger partial charge < -0.3 is 15.7 Å². The van der Waals surface area contributed by atoms with E-state index in [4.69, 9.17) is 0 Å². The van der Waals surface area contributed by atoms with Crippen LogP contribution in [0.15, 0.2) is 18.2 Å². The third-order valence-electron chi connectivity index (χ3n) is 3.98. The van der Waals surface area contributed by atoms with Gasteiger partial charge in [-0.1, -0.05) is 24.1 Å². The number of carbonyl (C=O) groups is 2. The molecule has 5 heteroatoms. The Hall–Kier alpha value is -1.88. The first kappa shape index (κ1) is 15.5. The van der Waals surface area contributed by atoms with E-state index in [2.05, 4.69) is 10.6 Å². The van der Waals surface area contributed by atoms with Gasteiger partial charge in [-0.05, 0) is 38.3 Å². The Bertz CT molecular complexity index is 542. The number of hydrogen-bond donors (Lipinski definition) is 3. The molecule has 1 aliphatic carbocycles. The predicted octanol–water partition coefficient (Wildman–Crippen LogP) is 1.52. The summed E-state index contributed by atoms with van der Waals surface area (Å²) in [4.78, 5) is 23.6. The number of carbonyl (C=O) groups excluding carboxylic acids is 2. The maximum atomic E-state index is 11.9. The van der Waals surface area contributed by atoms with E-state index in [-0.39, 0.29) is 12.0 Å². The zero-order valence-corrected chi connectivity index (χ0v) is 12.5. The fourth-order valence-electron chi connectivity index (χ4n) is 2.69. The van der Waals surface area contributed by atoms with Crippen molar-refractivity contribution in [2.75, 3.05) is 11.9 Å². The molecule has 5 nitrogen and oxygen atoms in total. The first-order chi connectivity index (χ1) is 9.97. The maximum absolute atomic E-state index is 11.9. The van der Waals surface area contributed by atoms with Crippen LogP contribution >= 0.6 is 0 Å². The molecule has 1 aromatic rings. The standard InChI is InChI=1S/C16H22N2O3/c1-10-6-7-13(11(2)8-10)18-16(21)15(20)17-9-12-4-3-5-14(12)19/h6-8,12,14,19H,3-5,9H2,1-2H3,(H,17,20)(H,18,21). The molecule has 2 unspecified atom stereocenters. The molecule has 1 aliphatic rings. The predicted molar refractivity (Wildman–Crippen MR) is 80.9 cm³/mol. The number of hydrogen-bond acceptors (Lipinski definition) is 3. The third kappa shape index (κ3) is 4.04. The minimum atomic E-state index is -0.672. The molecular weight excluding hydrogens is 268 g/mol. The van der Waals surface area contributed by atoms with Gasteiger partial charge in [0.1, 0.15) is 0 Å². The van der Waals surface area contributed by atoms with Crippen LogP contribution in [0, 0.1) is 19.8 Å². The minimum Gasteiger partial charge on any atom is -0.393 e. The van der Waals surface area contributed by atoms with Crippen LogP contribution < -0.4 is 10.6 Å². The molecule has 2 amide bonds. The van der Waals surface area contributed by atoms with E-state index in [0.29, 0.717) is 12.2 Å². The summed E-state index contributed by atoms with van der Waals surface area (Å²) in [6.45, 7) is 4.20. The zero-order valence-electron chi connectivity index (χ0n) is 12.5. The Balaban J connectivity index is 1.86. The van der Waals surface area contributed by atoms with Gasteiger partial charge in [0, 0.05) is 18.2 Å². The fourth-order valence-corrected chi connectivity index (χ4v) is 2.69. The molecule has 0 radical (unpaired) electrons. The number of anilines is 1. The Morgan fingerprint density at radius 3 is 2.62 bits per heavy atom. The highest BCUT2D eigenvalue weighted by Gasteiger charge is 2.26. The lowest BCUT2D eigenvalue weighted by Gasteiger charge is -2.15. The first-order valence-corrected chi connectivity index (χ1v) is 7.32. The topological polar surface area (TPSA) is 78.4 Å². The highest BCUT2D eigenvalue weighted by atomic mass is 16.3. The highest BCUT2D eigenvalue weighted by molar-refractivity contribution is 6.39. The van der Waals surface area contributed by atoms with Crippen molar-refractivity contribution >= 4 is 17.5 Å². The van der Waals surface area contributed by atoms with Crippen LogP contribution in [-0.4, -0.2) is 29.6 Å². The molecule has 0 heterocycles. The molecule has 1 aromatic carbocycles. The molecule has 0 aromatic heterocycles. The van der Waals surface area contributed by atoms with Crippen molar-refractivity contribution in [3.63, 3.8) is 0 Å². The minimum absolute atomic E-state index is 0.0582. The van der Waals surface area contributed by atoms with Gasteiger partial charge in [-0.15, -0.1) is 0 Å². The van der Waals surface area contributed by atoms with Crippen LogP contribution in [0.25, 0.3) is 0 Å². The summed E-state index contributed by atoms with van der Waals surface area (Å²) in [6, 6.07) is 5.62. The van der Waals surface area contributed by atoms with Gasteiger partial charge in [-0.25, -0.2) is 0 Å². The van der Waals surface area contributed by atoms with Crippen LogP contribution in [0.3, 0.4) is 0 Å². The van der Waals surface area contributed by atoms with Crippen LogP contribution in [0.2, 0.25) is 0 Å². The van der Waals surface area contributed by atoms with Crippen molar-refractivity contribution in [3.05, 3.63) is 29.3 Å². The van der Waals surface area contributed by atoms with E-state index in [1.165, 1.54) is 0 Å². The Labute approximate surface area is 124 Å². The number of aryl methyl sites for hydroxylation is 2. The van der Waals surface area contributed by atoms with Crippen LogP contribution in [0.1, 0.15) is 30.4 Å². The highest BCUT2D eigenvalue weighted by Crippen LogP contribution is 2.24. The van der Waals surface area contributed by atoms with Crippen molar-refractivity contribution in [1.82, 2.24) is 5.32 Å².